The monoisotopic (exact) mass is 510 g/mol. The molecule has 7 heteroatoms. The molecule has 1 heterocycles. The van der Waals surface area contributed by atoms with E-state index >= 15 is 0 Å². The summed E-state index contributed by atoms with van der Waals surface area (Å²) in [4.78, 5) is 26.1. The third kappa shape index (κ3) is 4.56. The number of cyclic esters (lactones) is 1. The second-order valence-corrected chi connectivity index (χ2v) is 18.7. The molecule has 1 aromatic carbocycles. The standard InChI is InChI=1S/C24H34O5SeSi/c1-22(2,3)23(4)28-21(26)24(29-23)14-17(19(25)27-5)18(15-24)20(31(6,7)8)30-16-12-10-9-11-13-16/h9-13,17H,14-15H2,1-8H3/b20-18-/t17-,23+,24-/m0/s1. The van der Waals surface area contributed by atoms with Crippen molar-refractivity contribution in [3.05, 3.63) is 40.0 Å². The van der Waals surface area contributed by atoms with E-state index in [0.717, 1.165) is 5.57 Å². The molecule has 1 aromatic rings. The fourth-order valence-corrected chi connectivity index (χ4v) is 10.0. The van der Waals surface area contributed by atoms with E-state index in [2.05, 4.69) is 31.8 Å². The molecule has 1 aliphatic heterocycles. The first-order chi connectivity index (χ1) is 14.2. The molecule has 3 rings (SSSR count). The molecular weight excluding hydrogens is 475 g/mol. The molecule has 1 aliphatic carbocycles. The van der Waals surface area contributed by atoms with Gasteiger partial charge in [-0.1, -0.05) is 0 Å². The van der Waals surface area contributed by atoms with Crippen LogP contribution < -0.4 is 4.46 Å². The predicted molar refractivity (Wildman–Crippen MR) is 125 cm³/mol. The summed E-state index contributed by atoms with van der Waals surface area (Å²) in [7, 11) is -0.394. The number of ether oxygens (including phenoxy) is 3. The van der Waals surface area contributed by atoms with Gasteiger partial charge in [-0.2, -0.15) is 0 Å². The van der Waals surface area contributed by atoms with Gasteiger partial charge in [-0.25, -0.2) is 0 Å². The van der Waals surface area contributed by atoms with E-state index in [1.54, 1.807) is 0 Å². The van der Waals surface area contributed by atoms with E-state index in [0.29, 0.717) is 6.42 Å². The van der Waals surface area contributed by atoms with Crippen LogP contribution >= 0.6 is 0 Å². The van der Waals surface area contributed by atoms with E-state index in [-0.39, 0.29) is 33.3 Å². The zero-order valence-electron chi connectivity index (χ0n) is 19.8. The van der Waals surface area contributed by atoms with Crippen LogP contribution in [0.15, 0.2) is 40.0 Å². The van der Waals surface area contributed by atoms with Crippen LogP contribution in [-0.2, 0) is 23.8 Å². The van der Waals surface area contributed by atoms with Gasteiger partial charge < -0.3 is 0 Å². The summed E-state index contributed by atoms with van der Waals surface area (Å²) in [6, 6.07) is 10.4. The van der Waals surface area contributed by atoms with Crippen molar-refractivity contribution in [1.82, 2.24) is 0 Å². The average molecular weight is 510 g/mol. The third-order valence-electron chi connectivity index (χ3n) is 6.26. The number of hydrogen-bond donors (Lipinski definition) is 0. The van der Waals surface area contributed by atoms with Gasteiger partial charge in [0.05, 0.1) is 0 Å². The number of rotatable bonds is 4. The minimum atomic E-state index is -1.80. The van der Waals surface area contributed by atoms with Crippen LogP contribution in [0, 0.1) is 11.3 Å². The molecule has 5 nitrogen and oxygen atoms in total. The predicted octanol–water partition coefficient (Wildman–Crippen LogP) is 3.81. The summed E-state index contributed by atoms with van der Waals surface area (Å²) in [5, 5.41) is 0. The molecule has 0 aromatic heterocycles. The molecule has 2 aliphatic rings. The summed E-state index contributed by atoms with van der Waals surface area (Å²) >= 11 is 0.0642. The van der Waals surface area contributed by atoms with Crippen LogP contribution in [0.4, 0.5) is 0 Å². The number of esters is 2. The Kier molecular flexibility index (Phi) is 6.40. The van der Waals surface area contributed by atoms with Crippen molar-refractivity contribution in [2.45, 2.75) is 71.6 Å². The first kappa shape index (κ1) is 24.2. The summed E-state index contributed by atoms with van der Waals surface area (Å²) in [6.45, 7) is 14.7. The maximum atomic E-state index is 13.2. The Balaban J connectivity index is 2.11. The van der Waals surface area contributed by atoms with Crippen LogP contribution in [-0.4, -0.2) is 53.5 Å². The Morgan fingerprint density at radius 2 is 1.81 bits per heavy atom. The molecule has 0 unspecified atom stereocenters. The molecule has 1 saturated carbocycles. The summed E-state index contributed by atoms with van der Waals surface area (Å²) in [6.07, 6.45) is 0.670. The van der Waals surface area contributed by atoms with E-state index in [1.165, 1.54) is 15.7 Å². The number of hydrogen-bond acceptors (Lipinski definition) is 5. The quantitative estimate of drug-likeness (QED) is 0.457. The molecule has 0 amide bonds. The van der Waals surface area contributed by atoms with Gasteiger partial charge in [-0.05, 0) is 0 Å². The number of methoxy groups -OCH3 is 1. The fraction of sp³-hybridized carbons (Fsp3) is 0.583. The van der Waals surface area contributed by atoms with Crippen LogP contribution in [0.1, 0.15) is 40.5 Å². The second kappa shape index (κ2) is 8.18. The van der Waals surface area contributed by atoms with Gasteiger partial charge in [0.1, 0.15) is 0 Å². The van der Waals surface area contributed by atoms with Gasteiger partial charge >= 0.3 is 193 Å². The van der Waals surface area contributed by atoms with Gasteiger partial charge in [0.15, 0.2) is 0 Å². The molecule has 31 heavy (non-hydrogen) atoms. The molecule has 3 atom stereocenters. The van der Waals surface area contributed by atoms with Gasteiger partial charge in [0.2, 0.25) is 0 Å². The van der Waals surface area contributed by atoms with E-state index < -0.39 is 30.8 Å². The zero-order valence-corrected chi connectivity index (χ0v) is 22.5. The van der Waals surface area contributed by atoms with Crippen molar-refractivity contribution in [3.8, 4) is 0 Å². The van der Waals surface area contributed by atoms with E-state index in [9.17, 15) is 9.59 Å². The SMILES string of the molecule is COC(=O)[C@H]1C[C@@]2(C/C1=C(\[Se]c1ccccc1)[Si](C)(C)C)O[C@](C)(C(C)(C)C)OC2=O. The Bertz CT molecular complexity index is 899. The summed E-state index contributed by atoms with van der Waals surface area (Å²) in [5.74, 6) is -2.18. The van der Waals surface area contributed by atoms with Crippen molar-refractivity contribution >= 4 is 39.4 Å². The normalized spacial score (nSPS) is 30.5. The molecule has 0 radical (unpaired) electrons. The molecule has 0 N–H and O–H groups in total. The first-order valence-electron chi connectivity index (χ1n) is 10.7. The third-order valence-corrected chi connectivity index (χ3v) is 14.4. The molecule has 2 fully saturated rings. The Hall–Kier alpha value is -1.40. The number of carbonyl (C=O) groups is 2. The Morgan fingerprint density at radius 1 is 1.19 bits per heavy atom. The van der Waals surface area contributed by atoms with Gasteiger partial charge in [0, 0.05) is 0 Å². The van der Waals surface area contributed by atoms with Crippen molar-refractivity contribution in [2.75, 3.05) is 7.11 Å². The van der Waals surface area contributed by atoms with E-state index in [4.69, 9.17) is 14.2 Å². The van der Waals surface area contributed by atoms with Crippen molar-refractivity contribution < 1.29 is 23.8 Å². The molecular formula is C24H34O5SeSi. The first-order valence-corrected chi connectivity index (χ1v) is 15.9. The van der Waals surface area contributed by atoms with Gasteiger partial charge in [0.25, 0.3) is 0 Å². The van der Waals surface area contributed by atoms with Crippen molar-refractivity contribution in [3.63, 3.8) is 0 Å². The average Bonchev–Trinajstić information content (AvgIpc) is 3.16. The molecule has 170 valence electrons. The van der Waals surface area contributed by atoms with Crippen molar-refractivity contribution in [1.29, 1.82) is 0 Å². The molecule has 0 bridgehead atoms. The Labute approximate surface area is 193 Å². The summed E-state index contributed by atoms with van der Waals surface area (Å²) < 4.78 is 20.1. The minimum absolute atomic E-state index is 0.0642. The molecule has 1 spiro atoms. The van der Waals surface area contributed by atoms with Crippen LogP contribution in [0.3, 0.4) is 0 Å². The van der Waals surface area contributed by atoms with Crippen LogP contribution in [0.5, 0.6) is 0 Å². The van der Waals surface area contributed by atoms with Crippen LogP contribution in [0.25, 0.3) is 0 Å². The zero-order chi connectivity index (χ0) is 23.2. The second-order valence-electron chi connectivity index (χ2n) is 10.7. The molecule has 1 saturated heterocycles. The topological polar surface area (TPSA) is 61.8 Å². The van der Waals surface area contributed by atoms with Gasteiger partial charge in [-0.15, -0.1) is 0 Å². The van der Waals surface area contributed by atoms with E-state index in [1.807, 2.05) is 45.9 Å². The maximum absolute atomic E-state index is 13.2. The van der Waals surface area contributed by atoms with Gasteiger partial charge in [-0.3, -0.25) is 0 Å². The van der Waals surface area contributed by atoms with Crippen molar-refractivity contribution in [2.24, 2.45) is 11.3 Å². The van der Waals surface area contributed by atoms with Crippen LogP contribution in [0.2, 0.25) is 19.6 Å². The Morgan fingerprint density at radius 3 is 2.29 bits per heavy atom. The fourth-order valence-electron chi connectivity index (χ4n) is 4.11. The summed E-state index contributed by atoms with van der Waals surface area (Å²) in [5.41, 5.74) is -0.493. The number of benzene rings is 1. The number of carbonyl (C=O) groups excluding carboxylic acids is 2.